The Hall–Kier alpha value is -1.02. The summed E-state index contributed by atoms with van der Waals surface area (Å²) in [5.41, 5.74) is 1.84. The first-order valence-corrected chi connectivity index (χ1v) is 5.56. The van der Waals surface area contributed by atoms with Gasteiger partial charge in [-0.05, 0) is 24.0 Å². The molecule has 80 valence electrons. The molecule has 0 aromatic heterocycles. The number of para-hydroxylation sites is 1. The van der Waals surface area contributed by atoms with E-state index in [9.17, 15) is 4.79 Å². The van der Waals surface area contributed by atoms with Gasteiger partial charge in [-0.15, -0.1) is 0 Å². The summed E-state index contributed by atoms with van der Waals surface area (Å²) in [6, 6.07) is 5.68. The lowest BCUT2D eigenvalue weighted by Gasteiger charge is -2.11. The topological polar surface area (TPSA) is 29.1 Å². The van der Waals surface area contributed by atoms with Crippen LogP contribution in [0.2, 0.25) is 5.02 Å². The van der Waals surface area contributed by atoms with Crippen molar-refractivity contribution in [3.63, 3.8) is 0 Å². The van der Waals surface area contributed by atoms with E-state index in [-0.39, 0.29) is 11.8 Å². The summed E-state index contributed by atoms with van der Waals surface area (Å²) in [4.78, 5) is 11.7. The van der Waals surface area contributed by atoms with Gasteiger partial charge in [-0.25, -0.2) is 0 Å². The van der Waals surface area contributed by atoms with E-state index < -0.39 is 0 Å². The molecule has 0 aliphatic carbocycles. The summed E-state index contributed by atoms with van der Waals surface area (Å²) in [7, 11) is 0. The predicted octanol–water partition coefficient (Wildman–Crippen LogP) is 3.42. The second-order valence-electron chi connectivity index (χ2n) is 4.38. The molecule has 1 aliphatic heterocycles. The van der Waals surface area contributed by atoms with Gasteiger partial charge in [-0.1, -0.05) is 37.6 Å². The van der Waals surface area contributed by atoms with E-state index in [0.29, 0.717) is 10.9 Å². The third kappa shape index (κ3) is 1.86. The van der Waals surface area contributed by atoms with Gasteiger partial charge in [-0.2, -0.15) is 0 Å². The van der Waals surface area contributed by atoms with Gasteiger partial charge in [0.1, 0.15) is 0 Å². The maximum atomic E-state index is 11.7. The molecule has 3 heteroatoms. The standard InChI is InChI=1S/C12H14ClNO/c1-7(2)6-9-8-4-3-5-10(13)11(8)14-12(9)15/h3-5,7,9H,6H2,1-2H3,(H,14,15). The number of nitrogens with one attached hydrogen (secondary N) is 1. The molecule has 0 fully saturated rings. The van der Waals surface area contributed by atoms with Crippen LogP contribution in [-0.2, 0) is 4.79 Å². The lowest BCUT2D eigenvalue weighted by Crippen LogP contribution is -2.13. The highest BCUT2D eigenvalue weighted by molar-refractivity contribution is 6.34. The zero-order valence-electron chi connectivity index (χ0n) is 8.88. The van der Waals surface area contributed by atoms with Crippen LogP contribution < -0.4 is 5.32 Å². The summed E-state index contributed by atoms with van der Waals surface area (Å²) in [6.45, 7) is 4.24. The fraction of sp³-hybridized carbons (Fsp3) is 0.417. The third-order valence-corrected chi connectivity index (χ3v) is 3.01. The molecule has 0 spiro atoms. The molecule has 0 bridgehead atoms. The van der Waals surface area contributed by atoms with Gasteiger partial charge in [0.2, 0.25) is 5.91 Å². The van der Waals surface area contributed by atoms with Crippen molar-refractivity contribution in [3.8, 4) is 0 Å². The first-order chi connectivity index (χ1) is 7.09. The van der Waals surface area contributed by atoms with Crippen molar-refractivity contribution in [2.24, 2.45) is 5.92 Å². The second-order valence-corrected chi connectivity index (χ2v) is 4.78. The molecule has 0 saturated heterocycles. The van der Waals surface area contributed by atoms with Crippen molar-refractivity contribution < 1.29 is 4.79 Å². The van der Waals surface area contributed by atoms with Gasteiger partial charge < -0.3 is 5.32 Å². The maximum absolute atomic E-state index is 11.7. The first kappa shape index (κ1) is 10.5. The SMILES string of the molecule is CC(C)CC1C(=O)Nc2c(Cl)cccc21. The average Bonchev–Trinajstić information content (AvgIpc) is 2.45. The number of benzene rings is 1. The number of carbonyl (C=O) groups is 1. The van der Waals surface area contributed by atoms with E-state index in [1.54, 1.807) is 6.07 Å². The molecular weight excluding hydrogens is 210 g/mol. The summed E-state index contributed by atoms with van der Waals surface area (Å²) < 4.78 is 0. The molecule has 1 unspecified atom stereocenters. The minimum atomic E-state index is -0.0290. The zero-order chi connectivity index (χ0) is 11.0. The molecule has 1 aliphatic rings. The highest BCUT2D eigenvalue weighted by atomic mass is 35.5. The van der Waals surface area contributed by atoms with Crippen LogP contribution in [0.1, 0.15) is 31.7 Å². The van der Waals surface area contributed by atoms with Crippen LogP contribution in [0.3, 0.4) is 0 Å². The van der Waals surface area contributed by atoms with Gasteiger partial charge in [-0.3, -0.25) is 4.79 Å². The van der Waals surface area contributed by atoms with Crippen LogP contribution in [0.4, 0.5) is 5.69 Å². The Morgan fingerprint density at radius 1 is 1.47 bits per heavy atom. The Kier molecular flexibility index (Phi) is 2.70. The number of hydrogen-bond donors (Lipinski definition) is 1. The monoisotopic (exact) mass is 223 g/mol. The highest BCUT2D eigenvalue weighted by Gasteiger charge is 2.31. The highest BCUT2D eigenvalue weighted by Crippen LogP contribution is 2.40. The lowest BCUT2D eigenvalue weighted by molar-refractivity contribution is -0.117. The van der Waals surface area contributed by atoms with Gasteiger partial charge in [0.15, 0.2) is 0 Å². The Bertz CT molecular complexity index is 401. The fourth-order valence-electron chi connectivity index (χ4n) is 2.02. The predicted molar refractivity (Wildman–Crippen MR) is 62.3 cm³/mol. The molecule has 2 nitrogen and oxygen atoms in total. The lowest BCUT2D eigenvalue weighted by atomic mass is 9.91. The van der Waals surface area contributed by atoms with E-state index in [1.165, 1.54) is 0 Å². The van der Waals surface area contributed by atoms with Crippen LogP contribution in [0, 0.1) is 5.92 Å². The summed E-state index contributed by atoms with van der Waals surface area (Å²) in [5.74, 6) is 0.552. The molecule has 1 heterocycles. The van der Waals surface area contributed by atoms with Crippen molar-refractivity contribution in [1.29, 1.82) is 0 Å². The minimum Gasteiger partial charge on any atom is -0.324 e. The van der Waals surface area contributed by atoms with Crippen molar-refractivity contribution >= 4 is 23.2 Å². The van der Waals surface area contributed by atoms with Crippen molar-refractivity contribution in [2.75, 3.05) is 5.32 Å². The van der Waals surface area contributed by atoms with Crippen molar-refractivity contribution in [2.45, 2.75) is 26.2 Å². The summed E-state index contributed by atoms with van der Waals surface area (Å²) in [5, 5.41) is 3.48. The Morgan fingerprint density at radius 3 is 2.87 bits per heavy atom. The van der Waals surface area contributed by atoms with Gasteiger partial charge in [0, 0.05) is 0 Å². The minimum absolute atomic E-state index is 0.0290. The van der Waals surface area contributed by atoms with Crippen LogP contribution >= 0.6 is 11.6 Å². The van der Waals surface area contributed by atoms with Crippen LogP contribution in [0.25, 0.3) is 0 Å². The number of hydrogen-bond acceptors (Lipinski definition) is 1. The van der Waals surface area contributed by atoms with Gasteiger partial charge in [0.25, 0.3) is 0 Å². The molecule has 0 radical (unpaired) electrons. The number of carbonyl (C=O) groups excluding carboxylic acids is 1. The van der Waals surface area contributed by atoms with E-state index in [0.717, 1.165) is 17.7 Å². The quantitative estimate of drug-likeness (QED) is 0.818. The second kappa shape index (κ2) is 3.86. The van der Waals surface area contributed by atoms with Crippen molar-refractivity contribution in [1.82, 2.24) is 0 Å². The Labute approximate surface area is 94.6 Å². The molecule has 1 N–H and O–H groups in total. The smallest absolute Gasteiger partial charge is 0.232 e. The number of rotatable bonds is 2. The molecular formula is C12H14ClNO. The Morgan fingerprint density at radius 2 is 2.20 bits per heavy atom. The largest absolute Gasteiger partial charge is 0.324 e. The zero-order valence-corrected chi connectivity index (χ0v) is 9.64. The van der Waals surface area contributed by atoms with E-state index >= 15 is 0 Å². The van der Waals surface area contributed by atoms with Crippen LogP contribution in [-0.4, -0.2) is 5.91 Å². The normalized spacial score (nSPS) is 19.2. The number of halogens is 1. The van der Waals surface area contributed by atoms with Crippen molar-refractivity contribution in [3.05, 3.63) is 28.8 Å². The first-order valence-electron chi connectivity index (χ1n) is 5.19. The summed E-state index contributed by atoms with van der Waals surface area (Å²) >= 11 is 6.02. The summed E-state index contributed by atoms with van der Waals surface area (Å²) in [6.07, 6.45) is 0.874. The number of anilines is 1. The number of amides is 1. The molecule has 1 aromatic rings. The Balaban J connectivity index is 2.37. The van der Waals surface area contributed by atoms with E-state index in [2.05, 4.69) is 19.2 Å². The van der Waals surface area contributed by atoms with Crippen LogP contribution in [0.15, 0.2) is 18.2 Å². The van der Waals surface area contributed by atoms with Crippen LogP contribution in [0.5, 0.6) is 0 Å². The molecule has 2 rings (SSSR count). The van der Waals surface area contributed by atoms with Gasteiger partial charge in [0.05, 0.1) is 16.6 Å². The fourth-order valence-corrected chi connectivity index (χ4v) is 2.25. The molecule has 1 aromatic carbocycles. The molecule has 0 saturated carbocycles. The van der Waals surface area contributed by atoms with E-state index in [4.69, 9.17) is 11.6 Å². The number of fused-ring (bicyclic) bond motifs is 1. The molecule has 1 amide bonds. The van der Waals surface area contributed by atoms with Gasteiger partial charge >= 0.3 is 0 Å². The van der Waals surface area contributed by atoms with E-state index in [1.807, 2.05) is 12.1 Å². The molecule has 15 heavy (non-hydrogen) atoms. The third-order valence-electron chi connectivity index (χ3n) is 2.69. The average molecular weight is 224 g/mol. The molecule has 1 atom stereocenters. The maximum Gasteiger partial charge on any atom is 0.232 e.